The highest BCUT2D eigenvalue weighted by molar-refractivity contribution is 7.11. The van der Waals surface area contributed by atoms with Gasteiger partial charge in [-0.05, 0) is 56.7 Å². The number of benzene rings is 1. The molecular weight excluding hydrogens is 404 g/mol. The predicted molar refractivity (Wildman–Crippen MR) is 128 cm³/mol. The highest BCUT2D eigenvalue weighted by Crippen LogP contribution is 2.39. The maximum absolute atomic E-state index is 12.8. The quantitative estimate of drug-likeness (QED) is 0.561. The van der Waals surface area contributed by atoms with Gasteiger partial charge in [0, 0.05) is 40.9 Å². The SMILES string of the molecule is CCc1ccc(NC(=O)C2CCN(c3nc(C4CCC4)nc4csc(C)c34)CC2)cc1. The molecule has 162 valence electrons. The summed E-state index contributed by atoms with van der Waals surface area (Å²) in [6.45, 7) is 6.02. The van der Waals surface area contributed by atoms with Gasteiger partial charge in [-0.2, -0.15) is 0 Å². The first kappa shape index (κ1) is 20.4. The van der Waals surface area contributed by atoms with Crippen LogP contribution in [0.5, 0.6) is 0 Å². The number of nitrogens with one attached hydrogen (secondary N) is 1. The predicted octanol–water partition coefficient (Wildman–Crippen LogP) is 5.68. The third kappa shape index (κ3) is 4.05. The fourth-order valence-electron chi connectivity index (χ4n) is 4.61. The Morgan fingerprint density at radius 2 is 1.87 bits per heavy atom. The number of piperidine rings is 1. The van der Waals surface area contributed by atoms with Gasteiger partial charge in [-0.3, -0.25) is 4.79 Å². The molecule has 2 aromatic heterocycles. The molecule has 0 unspecified atom stereocenters. The minimum Gasteiger partial charge on any atom is -0.356 e. The van der Waals surface area contributed by atoms with Crippen molar-refractivity contribution in [1.29, 1.82) is 0 Å². The third-order valence-corrected chi connectivity index (χ3v) is 7.80. The summed E-state index contributed by atoms with van der Waals surface area (Å²) in [6, 6.07) is 8.18. The zero-order chi connectivity index (χ0) is 21.4. The number of nitrogens with zero attached hydrogens (tertiary/aromatic N) is 3. The topological polar surface area (TPSA) is 58.1 Å². The summed E-state index contributed by atoms with van der Waals surface area (Å²) in [7, 11) is 0. The van der Waals surface area contributed by atoms with Crippen LogP contribution in [0, 0.1) is 12.8 Å². The van der Waals surface area contributed by atoms with E-state index >= 15 is 0 Å². The number of amides is 1. The van der Waals surface area contributed by atoms with Crippen LogP contribution in [0.3, 0.4) is 0 Å². The van der Waals surface area contributed by atoms with Crippen LogP contribution in [0.25, 0.3) is 10.9 Å². The Morgan fingerprint density at radius 3 is 2.52 bits per heavy atom. The number of anilines is 2. The molecule has 31 heavy (non-hydrogen) atoms. The average molecular weight is 435 g/mol. The van der Waals surface area contributed by atoms with Crippen LogP contribution in [0.4, 0.5) is 11.5 Å². The molecule has 0 bridgehead atoms. The van der Waals surface area contributed by atoms with Gasteiger partial charge < -0.3 is 10.2 Å². The van der Waals surface area contributed by atoms with E-state index in [1.54, 1.807) is 11.3 Å². The van der Waals surface area contributed by atoms with E-state index in [9.17, 15) is 4.79 Å². The van der Waals surface area contributed by atoms with Crippen LogP contribution < -0.4 is 10.2 Å². The summed E-state index contributed by atoms with van der Waals surface area (Å²) in [4.78, 5) is 26.4. The van der Waals surface area contributed by atoms with Crippen molar-refractivity contribution >= 4 is 39.7 Å². The summed E-state index contributed by atoms with van der Waals surface area (Å²) in [5.74, 6) is 2.81. The van der Waals surface area contributed by atoms with Crippen molar-refractivity contribution in [3.63, 3.8) is 0 Å². The highest BCUT2D eigenvalue weighted by Gasteiger charge is 2.29. The molecule has 5 rings (SSSR count). The zero-order valence-electron chi connectivity index (χ0n) is 18.4. The fraction of sp³-hybridized carbons (Fsp3) is 0.480. The first-order valence-corrected chi connectivity index (χ1v) is 12.4. The molecular formula is C25H30N4OS. The van der Waals surface area contributed by atoms with E-state index < -0.39 is 0 Å². The second-order valence-corrected chi connectivity index (χ2v) is 9.97. The van der Waals surface area contributed by atoms with E-state index in [2.05, 4.69) is 41.6 Å². The Kier molecular flexibility index (Phi) is 5.65. The summed E-state index contributed by atoms with van der Waals surface area (Å²) >= 11 is 1.76. The molecule has 1 amide bonds. The Labute approximate surface area is 187 Å². The van der Waals surface area contributed by atoms with Crippen LogP contribution in [0.15, 0.2) is 29.6 Å². The van der Waals surface area contributed by atoms with Crippen molar-refractivity contribution in [3.8, 4) is 0 Å². The Balaban J connectivity index is 1.29. The first-order valence-electron chi connectivity index (χ1n) is 11.5. The van der Waals surface area contributed by atoms with Gasteiger partial charge in [-0.15, -0.1) is 11.3 Å². The number of thiophene rings is 1. The van der Waals surface area contributed by atoms with Gasteiger partial charge in [0.05, 0.1) is 10.9 Å². The summed E-state index contributed by atoms with van der Waals surface area (Å²) < 4.78 is 0. The molecule has 0 radical (unpaired) electrons. The van der Waals surface area contributed by atoms with Gasteiger partial charge in [0.1, 0.15) is 11.6 Å². The molecule has 1 aromatic carbocycles. The van der Waals surface area contributed by atoms with Crippen LogP contribution in [-0.2, 0) is 11.2 Å². The lowest BCUT2D eigenvalue weighted by atomic mass is 9.85. The van der Waals surface area contributed by atoms with E-state index in [-0.39, 0.29) is 11.8 Å². The monoisotopic (exact) mass is 434 g/mol. The molecule has 6 heteroatoms. The third-order valence-electron chi connectivity index (χ3n) is 6.90. The normalized spacial score (nSPS) is 17.7. The molecule has 0 spiro atoms. The molecule has 1 aliphatic carbocycles. The molecule has 2 fully saturated rings. The van der Waals surface area contributed by atoms with E-state index in [1.807, 2.05) is 12.1 Å². The van der Waals surface area contributed by atoms with Gasteiger partial charge >= 0.3 is 0 Å². The van der Waals surface area contributed by atoms with Gasteiger partial charge in [0.25, 0.3) is 0 Å². The molecule has 1 N–H and O–H groups in total. The summed E-state index contributed by atoms with van der Waals surface area (Å²) in [5, 5.41) is 6.48. The smallest absolute Gasteiger partial charge is 0.227 e. The molecule has 5 nitrogen and oxygen atoms in total. The van der Waals surface area contributed by atoms with Gasteiger partial charge in [-0.1, -0.05) is 25.5 Å². The molecule has 1 saturated heterocycles. The standard InChI is InChI=1S/C25H30N4OS/c1-3-17-7-9-20(10-8-17)26-25(30)19-11-13-29(14-12-19)24-22-16(2)31-15-21(22)27-23(28-24)18-5-4-6-18/h7-10,15,18-19H,3-6,11-14H2,1-2H3,(H,26,30). The minimum atomic E-state index is 0.0501. The number of aryl methyl sites for hydroxylation is 2. The number of fused-ring (bicyclic) bond motifs is 1. The van der Waals surface area contributed by atoms with Crippen LogP contribution in [0.2, 0.25) is 0 Å². The number of carbonyl (C=O) groups is 1. The Bertz CT molecular complexity index is 1080. The Hall–Kier alpha value is -2.47. The maximum Gasteiger partial charge on any atom is 0.227 e. The van der Waals surface area contributed by atoms with Crippen LogP contribution in [0.1, 0.15) is 61.2 Å². The van der Waals surface area contributed by atoms with Gasteiger partial charge in [0.15, 0.2) is 0 Å². The maximum atomic E-state index is 12.8. The van der Waals surface area contributed by atoms with E-state index in [4.69, 9.17) is 9.97 Å². The number of carbonyl (C=O) groups excluding carboxylic acids is 1. The molecule has 2 aliphatic rings. The lowest BCUT2D eigenvalue weighted by Gasteiger charge is -2.33. The van der Waals surface area contributed by atoms with E-state index in [0.717, 1.165) is 55.2 Å². The fourth-order valence-corrected chi connectivity index (χ4v) is 5.38. The number of rotatable bonds is 5. The summed E-state index contributed by atoms with van der Waals surface area (Å²) in [6.07, 6.45) is 6.41. The molecule has 3 aromatic rings. The minimum absolute atomic E-state index is 0.0501. The van der Waals surface area contributed by atoms with Crippen molar-refractivity contribution in [1.82, 2.24) is 9.97 Å². The van der Waals surface area contributed by atoms with Crippen molar-refractivity contribution in [2.24, 2.45) is 5.92 Å². The van der Waals surface area contributed by atoms with Crippen molar-refractivity contribution in [2.75, 3.05) is 23.3 Å². The number of hydrogen-bond acceptors (Lipinski definition) is 5. The lowest BCUT2D eigenvalue weighted by molar-refractivity contribution is -0.120. The molecule has 1 saturated carbocycles. The van der Waals surface area contributed by atoms with E-state index in [0.29, 0.717) is 5.92 Å². The number of aromatic nitrogens is 2. The van der Waals surface area contributed by atoms with Gasteiger partial charge in [-0.25, -0.2) is 9.97 Å². The molecule has 0 atom stereocenters. The van der Waals surface area contributed by atoms with Crippen molar-refractivity contribution in [3.05, 3.63) is 45.9 Å². The van der Waals surface area contributed by atoms with Crippen molar-refractivity contribution < 1.29 is 4.79 Å². The Morgan fingerprint density at radius 1 is 1.13 bits per heavy atom. The largest absolute Gasteiger partial charge is 0.356 e. The summed E-state index contributed by atoms with van der Waals surface area (Å²) in [5.41, 5.74) is 3.26. The second kappa shape index (κ2) is 8.58. The molecule has 3 heterocycles. The van der Waals surface area contributed by atoms with Crippen LogP contribution >= 0.6 is 11.3 Å². The van der Waals surface area contributed by atoms with Crippen LogP contribution in [-0.4, -0.2) is 29.0 Å². The number of hydrogen-bond donors (Lipinski definition) is 1. The molecule has 1 aliphatic heterocycles. The van der Waals surface area contributed by atoms with Crippen molar-refractivity contribution in [2.45, 2.75) is 58.3 Å². The van der Waals surface area contributed by atoms with E-state index in [1.165, 1.54) is 35.1 Å². The van der Waals surface area contributed by atoms with Gasteiger partial charge in [0.2, 0.25) is 5.91 Å². The second-order valence-electron chi connectivity index (χ2n) is 8.89. The zero-order valence-corrected chi connectivity index (χ0v) is 19.2. The average Bonchev–Trinajstić information content (AvgIpc) is 3.13. The lowest BCUT2D eigenvalue weighted by Crippen LogP contribution is -2.39. The first-order chi connectivity index (χ1) is 15.1. The highest BCUT2D eigenvalue weighted by atomic mass is 32.1.